The van der Waals surface area contributed by atoms with Gasteiger partial charge in [-0.05, 0) is 44.4 Å². The van der Waals surface area contributed by atoms with Crippen molar-refractivity contribution in [2.75, 3.05) is 6.61 Å². The molecule has 0 aliphatic rings. The molecule has 0 aliphatic carbocycles. The zero-order chi connectivity index (χ0) is 18.9. The normalized spacial score (nSPS) is 10.5. The number of carbonyl (C=O) groups excluding carboxylic acids is 1. The first-order valence-corrected chi connectivity index (χ1v) is 8.57. The van der Waals surface area contributed by atoms with Gasteiger partial charge in [-0.25, -0.2) is 0 Å². The Hall–Kier alpha value is -2.83. The summed E-state index contributed by atoms with van der Waals surface area (Å²) in [6.07, 6.45) is 1.56. The summed E-state index contributed by atoms with van der Waals surface area (Å²) >= 11 is 0. The molecule has 7 heteroatoms. The zero-order valence-corrected chi connectivity index (χ0v) is 15.1. The second-order valence-corrected chi connectivity index (χ2v) is 6.07. The van der Waals surface area contributed by atoms with E-state index in [1.54, 1.807) is 0 Å². The van der Waals surface area contributed by atoms with Crippen LogP contribution >= 0.6 is 0 Å². The molecule has 1 aromatic carbocycles. The lowest BCUT2D eigenvalue weighted by molar-refractivity contribution is -0.137. The Morgan fingerprint density at radius 2 is 1.92 bits per heavy atom. The number of aliphatic carboxylic acids is 1. The van der Waals surface area contributed by atoms with Crippen molar-refractivity contribution in [1.82, 2.24) is 10.5 Å². The van der Waals surface area contributed by atoms with Crippen LogP contribution in [0.3, 0.4) is 0 Å². The highest BCUT2D eigenvalue weighted by atomic mass is 16.5. The first-order chi connectivity index (χ1) is 12.5. The van der Waals surface area contributed by atoms with Crippen LogP contribution in [0.5, 0.6) is 5.75 Å². The number of ether oxygens (including phenoxy) is 1. The van der Waals surface area contributed by atoms with Crippen LogP contribution in [-0.2, 0) is 22.6 Å². The molecule has 2 rings (SSSR count). The number of carboxylic acids is 1. The summed E-state index contributed by atoms with van der Waals surface area (Å²) in [6.45, 7) is 4.53. The highest BCUT2D eigenvalue weighted by Crippen LogP contribution is 2.15. The molecule has 0 saturated carbocycles. The highest BCUT2D eigenvalue weighted by Gasteiger charge is 2.11. The predicted octanol–water partition coefficient (Wildman–Crippen LogP) is 2.78. The van der Waals surface area contributed by atoms with E-state index in [1.807, 2.05) is 38.1 Å². The molecule has 0 radical (unpaired) electrons. The van der Waals surface area contributed by atoms with Crippen molar-refractivity contribution >= 4 is 11.9 Å². The standard InChI is InChI=1S/C19H24N2O5/c1-13-17(14(2)26-21-13)9-10-18(22)20-12-15-5-7-16(8-6-15)25-11-3-4-19(23)24/h5-8H,3-4,9-12H2,1-2H3,(H,20,22)(H,23,24). The number of carbonyl (C=O) groups is 2. The van der Waals surface area contributed by atoms with Crippen LogP contribution in [0, 0.1) is 13.8 Å². The molecule has 2 aromatic rings. The third kappa shape index (κ3) is 6.23. The second kappa shape index (κ2) is 9.60. The SMILES string of the molecule is Cc1noc(C)c1CCC(=O)NCc1ccc(OCCCC(=O)O)cc1. The largest absolute Gasteiger partial charge is 0.494 e. The van der Waals surface area contributed by atoms with Gasteiger partial charge >= 0.3 is 5.97 Å². The molecule has 1 amide bonds. The second-order valence-electron chi connectivity index (χ2n) is 6.07. The van der Waals surface area contributed by atoms with Gasteiger partial charge in [-0.15, -0.1) is 0 Å². The predicted molar refractivity (Wildman–Crippen MR) is 95.0 cm³/mol. The molecule has 0 saturated heterocycles. The van der Waals surface area contributed by atoms with Crippen LogP contribution < -0.4 is 10.1 Å². The summed E-state index contributed by atoms with van der Waals surface area (Å²) in [5.74, 6) is 0.589. The quantitative estimate of drug-likeness (QED) is 0.632. The summed E-state index contributed by atoms with van der Waals surface area (Å²) in [4.78, 5) is 22.4. The van der Waals surface area contributed by atoms with E-state index in [4.69, 9.17) is 14.4 Å². The van der Waals surface area contributed by atoms with Crippen LogP contribution in [0.2, 0.25) is 0 Å². The average molecular weight is 360 g/mol. The lowest BCUT2D eigenvalue weighted by Gasteiger charge is -2.08. The molecule has 26 heavy (non-hydrogen) atoms. The van der Waals surface area contributed by atoms with Crippen molar-refractivity contribution in [1.29, 1.82) is 0 Å². The minimum atomic E-state index is -0.825. The smallest absolute Gasteiger partial charge is 0.303 e. The van der Waals surface area contributed by atoms with E-state index in [1.165, 1.54) is 0 Å². The Labute approximate surface area is 152 Å². The van der Waals surface area contributed by atoms with Gasteiger partial charge in [-0.2, -0.15) is 0 Å². The number of aromatic nitrogens is 1. The summed E-state index contributed by atoms with van der Waals surface area (Å²) in [7, 11) is 0. The molecular weight excluding hydrogens is 336 g/mol. The van der Waals surface area contributed by atoms with Gasteiger partial charge < -0.3 is 19.7 Å². The van der Waals surface area contributed by atoms with Crippen LogP contribution in [-0.4, -0.2) is 28.7 Å². The molecule has 1 aromatic heterocycles. The first-order valence-electron chi connectivity index (χ1n) is 8.57. The lowest BCUT2D eigenvalue weighted by Crippen LogP contribution is -2.23. The van der Waals surface area contributed by atoms with Crippen molar-refractivity contribution < 1.29 is 24.0 Å². The Morgan fingerprint density at radius 3 is 2.54 bits per heavy atom. The number of amides is 1. The first kappa shape index (κ1) is 19.5. The number of rotatable bonds is 10. The van der Waals surface area contributed by atoms with E-state index in [9.17, 15) is 9.59 Å². The molecule has 0 spiro atoms. The summed E-state index contributed by atoms with van der Waals surface area (Å²) in [5.41, 5.74) is 2.78. The van der Waals surface area contributed by atoms with Gasteiger partial charge in [-0.3, -0.25) is 9.59 Å². The molecule has 7 nitrogen and oxygen atoms in total. The fraction of sp³-hybridized carbons (Fsp3) is 0.421. The van der Waals surface area contributed by atoms with E-state index in [-0.39, 0.29) is 12.3 Å². The number of aryl methyl sites for hydroxylation is 2. The molecule has 0 aliphatic heterocycles. The summed E-state index contributed by atoms with van der Waals surface area (Å²) in [6, 6.07) is 7.38. The zero-order valence-electron chi connectivity index (χ0n) is 15.1. The summed E-state index contributed by atoms with van der Waals surface area (Å²) in [5, 5.41) is 15.3. The lowest BCUT2D eigenvalue weighted by atomic mass is 10.1. The number of hydrogen-bond donors (Lipinski definition) is 2. The minimum absolute atomic E-state index is 0.0287. The number of carboxylic acid groups (broad SMARTS) is 1. The molecule has 0 fully saturated rings. The molecule has 0 unspecified atom stereocenters. The van der Waals surface area contributed by atoms with Crippen molar-refractivity contribution in [3.63, 3.8) is 0 Å². The van der Waals surface area contributed by atoms with Gasteiger partial charge in [0.15, 0.2) is 0 Å². The number of benzene rings is 1. The molecule has 140 valence electrons. The van der Waals surface area contributed by atoms with Gasteiger partial charge in [0.05, 0.1) is 12.3 Å². The van der Waals surface area contributed by atoms with E-state index in [0.717, 1.165) is 22.6 Å². The van der Waals surface area contributed by atoms with Crippen molar-refractivity contribution in [3.8, 4) is 5.75 Å². The maximum atomic E-state index is 12.0. The Balaban J connectivity index is 1.70. The third-order valence-corrected chi connectivity index (χ3v) is 4.00. The monoisotopic (exact) mass is 360 g/mol. The number of nitrogens with one attached hydrogen (secondary N) is 1. The Bertz CT molecular complexity index is 717. The minimum Gasteiger partial charge on any atom is -0.494 e. The third-order valence-electron chi connectivity index (χ3n) is 4.00. The number of nitrogens with zero attached hydrogens (tertiary/aromatic N) is 1. The maximum absolute atomic E-state index is 12.0. The molecular formula is C19H24N2O5. The van der Waals surface area contributed by atoms with Gasteiger partial charge in [-0.1, -0.05) is 17.3 Å². The highest BCUT2D eigenvalue weighted by molar-refractivity contribution is 5.76. The number of hydrogen-bond acceptors (Lipinski definition) is 5. The van der Waals surface area contributed by atoms with Crippen molar-refractivity contribution in [3.05, 3.63) is 46.8 Å². The van der Waals surface area contributed by atoms with Gasteiger partial charge in [0, 0.05) is 24.9 Å². The van der Waals surface area contributed by atoms with Crippen LogP contribution in [0.15, 0.2) is 28.8 Å². The summed E-state index contributed by atoms with van der Waals surface area (Å²) < 4.78 is 10.6. The fourth-order valence-electron chi connectivity index (χ4n) is 2.50. The molecule has 1 heterocycles. The maximum Gasteiger partial charge on any atom is 0.303 e. The fourth-order valence-corrected chi connectivity index (χ4v) is 2.50. The van der Waals surface area contributed by atoms with Crippen LogP contribution in [0.25, 0.3) is 0 Å². The molecule has 2 N–H and O–H groups in total. The van der Waals surface area contributed by atoms with Crippen molar-refractivity contribution in [2.45, 2.75) is 46.1 Å². The van der Waals surface area contributed by atoms with E-state index in [0.29, 0.717) is 38.2 Å². The van der Waals surface area contributed by atoms with E-state index >= 15 is 0 Å². The van der Waals surface area contributed by atoms with E-state index in [2.05, 4.69) is 10.5 Å². The topological polar surface area (TPSA) is 102 Å². The Morgan fingerprint density at radius 1 is 1.19 bits per heavy atom. The molecule has 0 atom stereocenters. The Kier molecular flexibility index (Phi) is 7.20. The van der Waals surface area contributed by atoms with Gasteiger partial charge in [0.25, 0.3) is 0 Å². The van der Waals surface area contributed by atoms with Crippen LogP contribution in [0.1, 0.15) is 41.8 Å². The van der Waals surface area contributed by atoms with Gasteiger partial charge in [0.2, 0.25) is 5.91 Å². The molecule has 0 bridgehead atoms. The van der Waals surface area contributed by atoms with Crippen molar-refractivity contribution in [2.24, 2.45) is 0 Å². The van der Waals surface area contributed by atoms with Crippen LogP contribution in [0.4, 0.5) is 0 Å². The van der Waals surface area contributed by atoms with Gasteiger partial charge in [0.1, 0.15) is 11.5 Å². The average Bonchev–Trinajstić information content (AvgIpc) is 2.94. The van der Waals surface area contributed by atoms with E-state index < -0.39 is 5.97 Å².